The molecule has 17 heavy (non-hydrogen) atoms. The van der Waals surface area contributed by atoms with E-state index in [1.54, 1.807) is 6.20 Å². The molecule has 1 fully saturated rings. The predicted molar refractivity (Wildman–Crippen MR) is 66.5 cm³/mol. The third-order valence-electron chi connectivity index (χ3n) is 3.53. The predicted octanol–water partition coefficient (Wildman–Crippen LogP) is 1.53. The average Bonchev–Trinajstić information content (AvgIpc) is 2.89. The summed E-state index contributed by atoms with van der Waals surface area (Å²) in [6.07, 6.45) is 8.04. The summed E-state index contributed by atoms with van der Waals surface area (Å²) in [5.74, 6) is 1.37. The fourth-order valence-electron chi connectivity index (χ4n) is 2.56. The van der Waals surface area contributed by atoms with E-state index in [9.17, 15) is 4.79 Å². The molecule has 1 aromatic rings. The Morgan fingerprint density at radius 2 is 2.41 bits per heavy atom. The van der Waals surface area contributed by atoms with Crippen LogP contribution in [0.15, 0.2) is 12.4 Å². The number of imidazole rings is 1. The Morgan fingerprint density at radius 3 is 3.06 bits per heavy atom. The lowest BCUT2D eigenvalue weighted by Crippen LogP contribution is -2.20. The third kappa shape index (κ3) is 2.94. The van der Waals surface area contributed by atoms with Crippen LogP contribution in [0, 0.1) is 5.92 Å². The maximum absolute atomic E-state index is 12.1. The molecule has 4 heteroatoms. The summed E-state index contributed by atoms with van der Waals surface area (Å²) in [7, 11) is 0. The van der Waals surface area contributed by atoms with Crippen molar-refractivity contribution in [2.75, 3.05) is 0 Å². The lowest BCUT2D eigenvalue weighted by atomic mass is 9.99. The van der Waals surface area contributed by atoms with E-state index in [1.165, 1.54) is 0 Å². The van der Waals surface area contributed by atoms with Gasteiger partial charge in [-0.25, -0.2) is 4.98 Å². The average molecular weight is 235 g/mol. The van der Waals surface area contributed by atoms with Crippen LogP contribution in [0.1, 0.15) is 38.4 Å². The summed E-state index contributed by atoms with van der Waals surface area (Å²) in [5.41, 5.74) is 5.84. The van der Waals surface area contributed by atoms with Crippen LogP contribution in [-0.2, 0) is 17.8 Å². The van der Waals surface area contributed by atoms with Crippen molar-refractivity contribution in [1.29, 1.82) is 0 Å². The highest BCUT2D eigenvalue weighted by Gasteiger charge is 2.28. The highest BCUT2D eigenvalue weighted by atomic mass is 16.1. The molecule has 1 aliphatic rings. The molecule has 94 valence electrons. The molecular weight excluding hydrogens is 214 g/mol. The first-order valence-corrected chi connectivity index (χ1v) is 6.49. The monoisotopic (exact) mass is 235 g/mol. The Balaban J connectivity index is 1.95. The minimum atomic E-state index is 0.164. The molecular formula is C13H21N3O. The smallest absolute Gasteiger partial charge is 0.143 e. The van der Waals surface area contributed by atoms with E-state index in [0.29, 0.717) is 12.2 Å². The lowest BCUT2D eigenvalue weighted by molar-refractivity contribution is -0.122. The van der Waals surface area contributed by atoms with E-state index in [-0.39, 0.29) is 12.0 Å². The van der Waals surface area contributed by atoms with E-state index in [0.717, 1.165) is 38.1 Å². The molecule has 2 N–H and O–H groups in total. The SMILES string of the molecule is CCCn1ccnc1CC(=O)C1CCC(N)C1. The number of ketones is 1. The van der Waals surface area contributed by atoms with Crippen molar-refractivity contribution < 1.29 is 4.79 Å². The van der Waals surface area contributed by atoms with Gasteiger partial charge in [-0.05, 0) is 25.7 Å². The summed E-state index contributed by atoms with van der Waals surface area (Å²) < 4.78 is 2.08. The van der Waals surface area contributed by atoms with Gasteiger partial charge < -0.3 is 10.3 Å². The number of nitrogens with two attached hydrogens (primary N) is 1. The third-order valence-corrected chi connectivity index (χ3v) is 3.53. The molecule has 0 amide bonds. The maximum Gasteiger partial charge on any atom is 0.143 e. The van der Waals surface area contributed by atoms with Gasteiger partial charge in [0.1, 0.15) is 11.6 Å². The van der Waals surface area contributed by atoms with E-state index in [1.807, 2.05) is 6.20 Å². The molecule has 0 bridgehead atoms. The van der Waals surface area contributed by atoms with Crippen molar-refractivity contribution in [3.63, 3.8) is 0 Å². The van der Waals surface area contributed by atoms with Crippen molar-refractivity contribution in [1.82, 2.24) is 9.55 Å². The van der Waals surface area contributed by atoms with Gasteiger partial charge in [0, 0.05) is 30.9 Å². The van der Waals surface area contributed by atoms with Crippen molar-refractivity contribution >= 4 is 5.78 Å². The standard InChI is InChI=1S/C13H21N3O/c1-2-6-16-7-5-15-13(16)9-12(17)10-3-4-11(14)8-10/h5,7,10-11H,2-4,6,8-9,14H2,1H3. The highest BCUT2D eigenvalue weighted by Crippen LogP contribution is 2.25. The summed E-state index contributed by atoms with van der Waals surface area (Å²) in [5, 5.41) is 0. The van der Waals surface area contributed by atoms with Crippen LogP contribution in [0.2, 0.25) is 0 Å². The van der Waals surface area contributed by atoms with Crippen LogP contribution >= 0.6 is 0 Å². The maximum atomic E-state index is 12.1. The van der Waals surface area contributed by atoms with Gasteiger partial charge in [0.05, 0.1) is 6.42 Å². The molecule has 2 rings (SSSR count). The van der Waals surface area contributed by atoms with Crippen LogP contribution in [0.4, 0.5) is 0 Å². The van der Waals surface area contributed by atoms with Crippen molar-refractivity contribution in [2.45, 2.75) is 51.6 Å². The Morgan fingerprint density at radius 1 is 1.59 bits per heavy atom. The number of carbonyl (C=O) groups is 1. The van der Waals surface area contributed by atoms with Gasteiger partial charge in [-0.2, -0.15) is 0 Å². The Kier molecular flexibility index (Phi) is 3.94. The Bertz CT molecular complexity index is 386. The van der Waals surface area contributed by atoms with Crippen LogP contribution < -0.4 is 5.73 Å². The van der Waals surface area contributed by atoms with Crippen molar-refractivity contribution in [3.8, 4) is 0 Å². The molecule has 0 saturated heterocycles. The first-order valence-electron chi connectivity index (χ1n) is 6.49. The van der Waals surface area contributed by atoms with E-state index in [4.69, 9.17) is 5.73 Å². The zero-order chi connectivity index (χ0) is 12.3. The number of Topliss-reactive ketones (excluding diaryl/α,β-unsaturated/α-hetero) is 1. The largest absolute Gasteiger partial charge is 0.335 e. The Hall–Kier alpha value is -1.16. The summed E-state index contributed by atoms with van der Waals surface area (Å²) in [6.45, 7) is 3.06. The molecule has 2 atom stereocenters. The molecule has 1 aliphatic carbocycles. The summed E-state index contributed by atoms with van der Waals surface area (Å²) >= 11 is 0. The molecule has 0 aliphatic heterocycles. The van der Waals surface area contributed by atoms with Crippen LogP contribution in [-0.4, -0.2) is 21.4 Å². The second-order valence-corrected chi connectivity index (χ2v) is 4.95. The van der Waals surface area contributed by atoms with Gasteiger partial charge in [0.25, 0.3) is 0 Å². The minimum absolute atomic E-state index is 0.164. The number of aromatic nitrogens is 2. The first-order chi connectivity index (χ1) is 8.20. The normalized spacial score (nSPS) is 24.1. The van der Waals surface area contributed by atoms with Crippen LogP contribution in [0.5, 0.6) is 0 Å². The van der Waals surface area contributed by atoms with E-state index >= 15 is 0 Å². The molecule has 1 aromatic heterocycles. The molecule has 0 aromatic carbocycles. The quantitative estimate of drug-likeness (QED) is 0.842. The molecule has 0 spiro atoms. The second-order valence-electron chi connectivity index (χ2n) is 4.95. The summed E-state index contributed by atoms with van der Waals surface area (Å²) in [6, 6.07) is 0.222. The number of aryl methyl sites for hydroxylation is 1. The van der Waals surface area contributed by atoms with Crippen molar-refractivity contribution in [3.05, 3.63) is 18.2 Å². The van der Waals surface area contributed by atoms with Gasteiger partial charge in [0.15, 0.2) is 0 Å². The number of hydrogen-bond acceptors (Lipinski definition) is 3. The molecule has 2 unspecified atom stereocenters. The zero-order valence-corrected chi connectivity index (χ0v) is 10.4. The van der Waals surface area contributed by atoms with Gasteiger partial charge in [-0.3, -0.25) is 4.79 Å². The Labute approximate surface area is 102 Å². The molecule has 1 saturated carbocycles. The topological polar surface area (TPSA) is 60.9 Å². The number of carbonyl (C=O) groups excluding carboxylic acids is 1. The van der Waals surface area contributed by atoms with Gasteiger partial charge in [0.2, 0.25) is 0 Å². The summed E-state index contributed by atoms with van der Waals surface area (Å²) in [4.78, 5) is 16.4. The molecule has 0 radical (unpaired) electrons. The first kappa shape index (κ1) is 12.3. The van der Waals surface area contributed by atoms with Crippen molar-refractivity contribution in [2.24, 2.45) is 11.7 Å². The van der Waals surface area contributed by atoms with E-state index < -0.39 is 0 Å². The highest BCUT2D eigenvalue weighted by molar-refractivity contribution is 5.83. The molecule has 1 heterocycles. The van der Waals surface area contributed by atoms with E-state index in [2.05, 4.69) is 16.5 Å². The number of nitrogens with zero attached hydrogens (tertiary/aromatic N) is 2. The van der Waals surface area contributed by atoms with Gasteiger partial charge >= 0.3 is 0 Å². The van der Waals surface area contributed by atoms with Gasteiger partial charge in [-0.1, -0.05) is 6.92 Å². The fourth-order valence-corrected chi connectivity index (χ4v) is 2.56. The van der Waals surface area contributed by atoms with Crippen LogP contribution in [0.3, 0.4) is 0 Å². The molecule has 4 nitrogen and oxygen atoms in total. The second kappa shape index (κ2) is 5.45. The minimum Gasteiger partial charge on any atom is -0.335 e. The fraction of sp³-hybridized carbons (Fsp3) is 0.692. The zero-order valence-electron chi connectivity index (χ0n) is 10.4. The number of hydrogen-bond donors (Lipinski definition) is 1. The van der Waals surface area contributed by atoms with Crippen LogP contribution in [0.25, 0.3) is 0 Å². The van der Waals surface area contributed by atoms with Gasteiger partial charge in [-0.15, -0.1) is 0 Å². The lowest BCUT2D eigenvalue weighted by Gasteiger charge is -2.09. The number of rotatable bonds is 5.